The van der Waals surface area contributed by atoms with Crippen LogP contribution in [-0.4, -0.2) is 17.9 Å². The van der Waals surface area contributed by atoms with Gasteiger partial charge in [0.2, 0.25) is 5.84 Å². The fourth-order valence-electron chi connectivity index (χ4n) is 2.05. The van der Waals surface area contributed by atoms with Gasteiger partial charge < -0.3 is 4.74 Å². The standard InChI is InChI=1S/C19H17N5O/c1-25-17-11-7-10-16(14-17)21-23-19(15-8-3-2-4-9-15)24-22-18-12-5-6-13-20-18/h2-14,21H,1H3. The summed E-state index contributed by atoms with van der Waals surface area (Å²) in [5, 5.41) is 12.8. The summed E-state index contributed by atoms with van der Waals surface area (Å²) >= 11 is 0. The molecule has 3 rings (SSSR count). The Morgan fingerprint density at radius 3 is 2.56 bits per heavy atom. The molecule has 0 atom stereocenters. The first-order valence-electron chi connectivity index (χ1n) is 7.71. The van der Waals surface area contributed by atoms with Crippen molar-refractivity contribution in [1.29, 1.82) is 0 Å². The third-order valence-corrected chi connectivity index (χ3v) is 3.29. The number of hydrogen-bond donors (Lipinski definition) is 1. The highest BCUT2D eigenvalue weighted by Crippen LogP contribution is 2.17. The number of ether oxygens (including phenoxy) is 1. The first kappa shape index (κ1) is 16.3. The number of methoxy groups -OCH3 is 1. The molecule has 3 aromatic rings. The molecule has 0 saturated heterocycles. The predicted octanol–water partition coefficient (Wildman–Crippen LogP) is 4.65. The van der Waals surface area contributed by atoms with E-state index in [1.165, 1.54) is 0 Å². The maximum Gasteiger partial charge on any atom is 0.201 e. The van der Waals surface area contributed by atoms with Crippen molar-refractivity contribution >= 4 is 17.3 Å². The third kappa shape index (κ3) is 4.71. The van der Waals surface area contributed by atoms with Crippen molar-refractivity contribution in [3.63, 3.8) is 0 Å². The molecule has 1 aromatic heterocycles. The van der Waals surface area contributed by atoms with E-state index in [-0.39, 0.29) is 0 Å². The molecule has 0 unspecified atom stereocenters. The van der Waals surface area contributed by atoms with Crippen molar-refractivity contribution in [2.24, 2.45) is 15.3 Å². The molecule has 0 amide bonds. The number of hydrazone groups is 1. The van der Waals surface area contributed by atoms with E-state index >= 15 is 0 Å². The normalized spacial score (nSPS) is 11.5. The van der Waals surface area contributed by atoms with Crippen molar-refractivity contribution in [2.45, 2.75) is 0 Å². The van der Waals surface area contributed by atoms with Crippen LogP contribution >= 0.6 is 0 Å². The monoisotopic (exact) mass is 331 g/mol. The van der Waals surface area contributed by atoms with E-state index in [4.69, 9.17) is 4.74 Å². The van der Waals surface area contributed by atoms with Crippen LogP contribution in [0.5, 0.6) is 5.75 Å². The number of benzene rings is 2. The fourth-order valence-corrected chi connectivity index (χ4v) is 2.05. The Bertz CT molecular complexity index is 863. The van der Waals surface area contributed by atoms with Crippen molar-refractivity contribution in [1.82, 2.24) is 4.98 Å². The molecule has 0 saturated carbocycles. The molecular formula is C19H17N5O. The minimum Gasteiger partial charge on any atom is -0.497 e. The van der Waals surface area contributed by atoms with Gasteiger partial charge in [0.15, 0.2) is 5.82 Å². The Morgan fingerprint density at radius 2 is 1.80 bits per heavy atom. The number of azo groups is 1. The van der Waals surface area contributed by atoms with E-state index in [1.807, 2.05) is 66.7 Å². The van der Waals surface area contributed by atoms with Gasteiger partial charge in [-0.1, -0.05) is 42.5 Å². The van der Waals surface area contributed by atoms with Gasteiger partial charge in [0.05, 0.1) is 12.8 Å². The second-order valence-electron chi connectivity index (χ2n) is 5.03. The van der Waals surface area contributed by atoms with Crippen molar-refractivity contribution < 1.29 is 4.74 Å². The highest BCUT2D eigenvalue weighted by molar-refractivity contribution is 5.99. The summed E-state index contributed by atoms with van der Waals surface area (Å²) in [6, 6.07) is 22.6. The van der Waals surface area contributed by atoms with Crippen LogP contribution in [0.15, 0.2) is 94.3 Å². The first-order valence-corrected chi connectivity index (χ1v) is 7.71. The van der Waals surface area contributed by atoms with Gasteiger partial charge in [0.1, 0.15) is 5.75 Å². The molecule has 0 radical (unpaired) electrons. The maximum absolute atomic E-state index is 5.21. The molecule has 2 aromatic carbocycles. The van der Waals surface area contributed by atoms with Crippen LogP contribution in [-0.2, 0) is 0 Å². The molecule has 6 heteroatoms. The molecule has 1 heterocycles. The molecule has 124 valence electrons. The molecule has 0 aliphatic carbocycles. The van der Waals surface area contributed by atoms with Gasteiger partial charge in [-0.05, 0) is 24.3 Å². The SMILES string of the molecule is COc1cccc(NN=C(N=Nc2ccccn2)c2ccccc2)c1. The van der Waals surface area contributed by atoms with Crippen LogP contribution in [0.3, 0.4) is 0 Å². The highest BCUT2D eigenvalue weighted by atomic mass is 16.5. The van der Waals surface area contributed by atoms with Crippen LogP contribution in [0.25, 0.3) is 0 Å². The minimum atomic E-state index is 0.453. The third-order valence-electron chi connectivity index (χ3n) is 3.29. The summed E-state index contributed by atoms with van der Waals surface area (Å²) in [7, 11) is 1.62. The van der Waals surface area contributed by atoms with E-state index in [0.717, 1.165) is 17.0 Å². The van der Waals surface area contributed by atoms with Crippen LogP contribution in [0.1, 0.15) is 5.56 Å². The van der Waals surface area contributed by atoms with Gasteiger partial charge in [0.25, 0.3) is 0 Å². The van der Waals surface area contributed by atoms with E-state index < -0.39 is 0 Å². The average molecular weight is 331 g/mol. The number of rotatable bonds is 5. The first-order chi connectivity index (χ1) is 12.3. The van der Waals surface area contributed by atoms with Gasteiger partial charge in [-0.3, -0.25) is 5.43 Å². The number of amidine groups is 1. The van der Waals surface area contributed by atoms with Crippen molar-refractivity contribution in [2.75, 3.05) is 12.5 Å². The van der Waals surface area contributed by atoms with Gasteiger partial charge in [-0.25, -0.2) is 4.98 Å². The summed E-state index contributed by atoms with van der Waals surface area (Å²) in [4.78, 5) is 4.13. The Kier molecular flexibility index (Phi) is 5.45. The lowest BCUT2D eigenvalue weighted by molar-refractivity contribution is 0.415. The number of nitrogens with zero attached hydrogens (tertiary/aromatic N) is 4. The Morgan fingerprint density at radius 1 is 0.960 bits per heavy atom. The molecule has 0 aliphatic heterocycles. The lowest BCUT2D eigenvalue weighted by Gasteiger charge is -2.05. The second kappa shape index (κ2) is 8.35. The summed E-state index contributed by atoms with van der Waals surface area (Å²) in [5.41, 5.74) is 4.63. The van der Waals surface area contributed by atoms with Gasteiger partial charge in [-0.2, -0.15) is 5.10 Å². The van der Waals surface area contributed by atoms with E-state index in [9.17, 15) is 0 Å². The molecule has 1 N–H and O–H groups in total. The molecule has 0 fully saturated rings. The Balaban J connectivity index is 1.86. The number of pyridine rings is 1. The second-order valence-corrected chi connectivity index (χ2v) is 5.03. The molecule has 25 heavy (non-hydrogen) atoms. The fraction of sp³-hybridized carbons (Fsp3) is 0.0526. The quantitative estimate of drug-likeness (QED) is 0.320. The van der Waals surface area contributed by atoms with Crippen LogP contribution in [0.4, 0.5) is 11.5 Å². The van der Waals surface area contributed by atoms with Crippen molar-refractivity contribution in [3.05, 3.63) is 84.6 Å². The summed E-state index contributed by atoms with van der Waals surface area (Å²) in [6.45, 7) is 0. The number of aromatic nitrogens is 1. The van der Waals surface area contributed by atoms with E-state index in [1.54, 1.807) is 19.4 Å². The zero-order valence-corrected chi connectivity index (χ0v) is 13.7. The lowest BCUT2D eigenvalue weighted by atomic mass is 10.2. The average Bonchev–Trinajstić information content (AvgIpc) is 2.69. The zero-order chi connectivity index (χ0) is 17.3. The summed E-state index contributed by atoms with van der Waals surface area (Å²) in [6.07, 6.45) is 1.67. The Hall–Kier alpha value is -3.54. The van der Waals surface area contributed by atoms with E-state index in [2.05, 4.69) is 25.7 Å². The highest BCUT2D eigenvalue weighted by Gasteiger charge is 2.03. The lowest BCUT2D eigenvalue weighted by Crippen LogP contribution is -2.01. The van der Waals surface area contributed by atoms with E-state index in [0.29, 0.717) is 11.7 Å². The van der Waals surface area contributed by atoms with Gasteiger partial charge in [-0.15, -0.1) is 10.2 Å². The van der Waals surface area contributed by atoms with Crippen LogP contribution in [0, 0.1) is 0 Å². The minimum absolute atomic E-state index is 0.453. The topological polar surface area (TPSA) is 71.2 Å². The predicted molar refractivity (Wildman–Crippen MR) is 98.3 cm³/mol. The molecular weight excluding hydrogens is 314 g/mol. The molecule has 0 spiro atoms. The summed E-state index contributed by atoms with van der Waals surface area (Å²) < 4.78 is 5.21. The van der Waals surface area contributed by atoms with Crippen LogP contribution in [0.2, 0.25) is 0 Å². The smallest absolute Gasteiger partial charge is 0.201 e. The van der Waals surface area contributed by atoms with Gasteiger partial charge in [0, 0.05) is 17.8 Å². The number of nitrogens with one attached hydrogen (secondary N) is 1. The van der Waals surface area contributed by atoms with Gasteiger partial charge >= 0.3 is 0 Å². The maximum atomic E-state index is 5.21. The largest absolute Gasteiger partial charge is 0.497 e. The van der Waals surface area contributed by atoms with Crippen LogP contribution < -0.4 is 10.2 Å². The Labute approximate surface area is 145 Å². The number of hydrogen-bond acceptors (Lipinski definition) is 5. The van der Waals surface area contributed by atoms with Crippen molar-refractivity contribution in [3.8, 4) is 5.75 Å². The number of anilines is 1. The molecule has 0 bridgehead atoms. The molecule has 0 aliphatic rings. The molecule has 6 nitrogen and oxygen atoms in total. The summed E-state index contributed by atoms with van der Waals surface area (Å²) in [5.74, 6) is 1.72. The zero-order valence-electron chi connectivity index (χ0n) is 13.7.